The number of halogens is 1. The minimum Gasteiger partial charge on any atom is -0.371 e. The van der Waals surface area contributed by atoms with E-state index in [1.165, 1.54) is 88.4 Å². The number of anilines is 1. The molecule has 0 aliphatic carbocycles. The van der Waals surface area contributed by atoms with Crippen molar-refractivity contribution < 1.29 is 13.6 Å². The number of rotatable bonds is 17. The molecule has 1 aromatic carbocycles. The van der Waals surface area contributed by atoms with E-state index in [4.69, 9.17) is 5.21 Å². The minimum absolute atomic E-state index is 0.0848. The van der Waals surface area contributed by atoms with Crippen LogP contribution in [0.15, 0.2) is 21.5 Å². The number of unbranched alkanes of at least 4 members (excludes halogenated alkanes) is 13. The number of fused-ring (bicyclic) bond motifs is 1. The number of hydrogen-bond acceptors (Lipinski definition) is 4. The highest BCUT2D eigenvalue weighted by molar-refractivity contribution is 9.10. The van der Waals surface area contributed by atoms with Gasteiger partial charge in [-0.05, 0) is 46.5 Å². The topological polar surface area (TPSA) is 69.6 Å². The van der Waals surface area contributed by atoms with E-state index in [-0.39, 0.29) is 4.90 Å². The van der Waals surface area contributed by atoms with Gasteiger partial charge in [-0.2, -0.15) is 0 Å². The minimum atomic E-state index is -3.89. The van der Waals surface area contributed by atoms with Gasteiger partial charge in [0.15, 0.2) is 0 Å². The molecule has 1 aromatic rings. The summed E-state index contributed by atoms with van der Waals surface area (Å²) in [5.74, 6) is 0. The molecule has 0 saturated carbocycles. The van der Waals surface area contributed by atoms with Gasteiger partial charge in [0.1, 0.15) is 4.90 Å². The molecule has 0 amide bonds. The first-order valence-corrected chi connectivity index (χ1v) is 14.5. The lowest BCUT2D eigenvalue weighted by atomic mass is 10.0. The first-order valence-electron chi connectivity index (χ1n) is 12.2. The molecule has 31 heavy (non-hydrogen) atoms. The van der Waals surface area contributed by atoms with Crippen LogP contribution in [0.2, 0.25) is 0 Å². The van der Waals surface area contributed by atoms with Crippen molar-refractivity contribution in [2.24, 2.45) is 0 Å². The van der Waals surface area contributed by atoms with Crippen molar-refractivity contribution in [3.8, 4) is 0 Å². The molecule has 2 rings (SSSR count). The molecule has 0 radical (unpaired) electrons. The van der Waals surface area contributed by atoms with Gasteiger partial charge in [0.2, 0.25) is 0 Å². The van der Waals surface area contributed by atoms with Gasteiger partial charge in [-0.3, -0.25) is 0 Å². The molecule has 1 heterocycles. The van der Waals surface area contributed by atoms with Crippen molar-refractivity contribution >= 4 is 31.6 Å². The lowest BCUT2D eigenvalue weighted by Crippen LogP contribution is -2.23. The van der Waals surface area contributed by atoms with Crippen LogP contribution in [0.5, 0.6) is 0 Å². The Labute approximate surface area is 198 Å². The molecule has 0 spiro atoms. The zero-order valence-electron chi connectivity index (χ0n) is 19.2. The van der Waals surface area contributed by atoms with Crippen LogP contribution in [0.3, 0.4) is 0 Å². The van der Waals surface area contributed by atoms with Gasteiger partial charge in [0, 0.05) is 23.2 Å². The summed E-state index contributed by atoms with van der Waals surface area (Å²) in [6, 6.07) is 3.54. The van der Waals surface area contributed by atoms with Gasteiger partial charge < -0.3 is 10.1 Å². The molecular weight excluding hydrogens is 476 g/mol. The van der Waals surface area contributed by atoms with Crippen molar-refractivity contribution in [3.63, 3.8) is 0 Å². The Morgan fingerprint density at radius 3 is 1.94 bits per heavy atom. The molecule has 0 bridgehead atoms. The summed E-state index contributed by atoms with van der Waals surface area (Å²) in [6.45, 7) is 4.15. The molecular formula is C24H41BrN2O3S. The second kappa shape index (κ2) is 14.5. The van der Waals surface area contributed by atoms with Gasteiger partial charge in [-0.15, -0.1) is 0 Å². The van der Waals surface area contributed by atoms with E-state index in [0.29, 0.717) is 4.47 Å². The summed E-state index contributed by atoms with van der Waals surface area (Å²) in [6.07, 6.45) is 19.8. The number of benzene rings is 1. The Kier molecular flexibility index (Phi) is 12.5. The van der Waals surface area contributed by atoms with E-state index in [9.17, 15) is 8.42 Å². The predicted octanol–water partition coefficient (Wildman–Crippen LogP) is 6.96. The Balaban J connectivity index is 1.57. The van der Waals surface area contributed by atoms with Gasteiger partial charge in [-0.1, -0.05) is 95.3 Å². The highest BCUT2D eigenvalue weighted by Crippen LogP contribution is 2.35. The van der Waals surface area contributed by atoms with Crippen LogP contribution in [-0.4, -0.2) is 26.7 Å². The van der Waals surface area contributed by atoms with Gasteiger partial charge in [0.05, 0.1) is 0 Å². The Bertz CT molecular complexity index is 755. The number of hydrogen-bond donors (Lipinski definition) is 2. The quantitative estimate of drug-likeness (QED) is 0.173. The van der Waals surface area contributed by atoms with Crippen LogP contribution in [-0.2, 0) is 16.4 Å². The van der Waals surface area contributed by atoms with Crippen molar-refractivity contribution in [1.82, 2.24) is 4.89 Å². The summed E-state index contributed by atoms with van der Waals surface area (Å²) >= 11 is 3.32. The van der Waals surface area contributed by atoms with E-state index in [1.807, 2.05) is 6.07 Å². The Morgan fingerprint density at radius 1 is 0.903 bits per heavy atom. The van der Waals surface area contributed by atoms with Gasteiger partial charge >= 0.3 is 0 Å². The summed E-state index contributed by atoms with van der Waals surface area (Å²) in [5, 5.41) is 8.96. The van der Waals surface area contributed by atoms with Crippen LogP contribution in [0, 0.1) is 0 Å². The molecule has 0 aromatic heterocycles. The zero-order valence-corrected chi connectivity index (χ0v) is 21.6. The molecule has 7 heteroatoms. The first-order chi connectivity index (χ1) is 15.0. The van der Waals surface area contributed by atoms with Crippen molar-refractivity contribution in [2.45, 2.75) is 108 Å². The maximum atomic E-state index is 12.0. The van der Waals surface area contributed by atoms with E-state index in [1.54, 1.807) is 6.07 Å². The monoisotopic (exact) mass is 516 g/mol. The van der Waals surface area contributed by atoms with Crippen LogP contribution in [0.25, 0.3) is 0 Å². The number of sulfonamides is 1. The average molecular weight is 518 g/mol. The molecule has 178 valence electrons. The first kappa shape index (κ1) is 26.6. The van der Waals surface area contributed by atoms with E-state index >= 15 is 0 Å². The fourth-order valence-electron chi connectivity index (χ4n) is 4.44. The van der Waals surface area contributed by atoms with Crippen molar-refractivity contribution in [3.05, 3.63) is 22.2 Å². The Morgan fingerprint density at radius 2 is 1.42 bits per heavy atom. The second-order valence-corrected chi connectivity index (χ2v) is 11.3. The molecule has 0 fully saturated rings. The van der Waals surface area contributed by atoms with Crippen molar-refractivity contribution in [2.75, 3.05) is 18.0 Å². The average Bonchev–Trinajstić information content (AvgIpc) is 3.15. The van der Waals surface area contributed by atoms with Gasteiger partial charge in [0.25, 0.3) is 10.0 Å². The molecule has 5 nitrogen and oxygen atoms in total. The zero-order chi connectivity index (χ0) is 22.5. The number of nitrogens with one attached hydrogen (secondary N) is 1. The van der Waals surface area contributed by atoms with E-state index < -0.39 is 10.0 Å². The smallest absolute Gasteiger partial charge is 0.263 e. The van der Waals surface area contributed by atoms with Crippen LogP contribution in [0.1, 0.15) is 102 Å². The Hall–Kier alpha value is -0.630. The standard InChI is InChI=1S/C24H41BrN2O3S/c1-2-3-4-5-6-7-8-9-10-11-12-13-14-15-17-27-18-16-21-19-22(25)24(20-23(21)27)31(29,30)26-28/h19-20,26,28H,2-18H2,1H3. The predicted molar refractivity (Wildman–Crippen MR) is 132 cm³/mol. The van der Waals surface area contributed by atoms with Crippen molar-refractivity contribution in [1.29, 1.82) is 0 Å². The molecule has 1 aliphatic rings. The summed E-state index contributed by atoms with van der Waals surface area (Å²) < 4.78 is 24.5. The van der Waals surface area contributed by atoms with E-state index in [2.05, 4.69) is 27.8 Å². The molecule has 2 N–H and O–H groups in total. The third-order valence-corrected chi connectivity index (χ3v) is 8.39. The molecule has 0 atom stereocenters. The largest absolute Gasteiger partial charge is 0.371 e. The normalized spacial score (nSPS) is 13.7. The maximum absolute atomic E-state index is 12.0. The molecule has 1 aliphatic heterocycles. The highest BCUT2D eigenvalue weighted by Gasteiger charge is 2.25. The summed E-state index contributed by atoms with van der Waals surface area (Å²) in [5.41, 5.74) is 2.14. The van der Waals surface area contributed by atoms with Crippen LogP contribution in [0.4, 0.5) is 5.69 Å². The SMILES string of the molecule is CCCCCCCCCCCCCCCCN1CCc2cc(Br)c(S(=O)(=O)NO)cc21. The second-order valence-electron chi connectivity index (χ2n) is 8.84. The maximum Gasteiger partial charge on any atom is 0.263 e. The summed E-state index contributed by atoms with van der Waals surface area (Å²) in [4.78, 5) is 3.79. The fourth-order valence-corrected chi connectivity index (χ4v) is 6.15. The lowest BCUT2D eigenvalue weighted by Gasteiger charge is -2.20. The van der Waals surface area contributed by atoms with Crippen LogP contribution < -0.4 is 9.79 Å². The lowest BCUT2D eigenvalue weighted by molar-refractivity contribution is 0.242. The highest BCUT2D eigenvalue weighted by atomic mass is 79.9. The number of nitrogens with zero attached hydrogens (tertiary/aromatic N) is 1. The summed E-state index contributed by atoms with van der Waals surface area (Å²) in [7, 11) is -3.89. The third kappa shape index (κ3) is 9.03. The third-order valence-electron chi connectivity index (χ3n) is 6.32. The van der Waals surface area contributed by atoms with Gasteiger partial charge in [-0.25, -0.2) is 8.42 Å². The van der Waals surface area contributed by atoms with E-state index in [0.717, 1.165) is 37.2 Å². The fraction of sp³-hybridized carbons (Fsp3) is 0.750. The molecule has 0 unspecified atom stereocenters. The molecule has 0 saturated heterocycles. The van der Waals surface area contributed by atoms with Crippen LogP contribution >= 0.6 is 15.9 Å².